The molecule has 1 aromatic carbocycles. The maximum Gasteiger partial charge on any atom is 0.200 e. The highest BCUT2D eigenvalue weighted by atomic mass is 19.2. The van der Waals surface area contributed by atoms with E-state index in [1.807, 2.05) is 0 Å². The van der Waals surface area contributed by atoms with Gasteiger partial charge in [-0.1, -0.05) is 25.0 Å². The molecule has 27 heavy (non-hydrogen) atoms. The molecule has 0 radical (unpaired) electrons. The first-order valence-corrected chi connectivity index (χ1v) is 10.4. The Hall–Kier alpha value is -1.45. The van der Waals surface area contributed by atoms with Gasteiger partial charge in [-0.15, -0.1) is 0 Å². The maximum atomic E-state index is 13.9. The van der Waals surface area contributed by atoms with Gasteiger partial charge in [0, 0.05) is 0 Å². The highest BCUT2D eigenvalue weighted by Crippen LogP contribution is 2.40. The van der Waals surface area contributed by atoms with Crippen LogP contribution in [0.3, 0.4) is 0 Å². The molecule has 4 heteroatoms. The molecule has 1 saturated carbocycles. The Morgan fingerprint density at radius 3 is 2.44 bits per heavy atom. The second-order valence-electron chi connectivity index (χ2n) is 8.31. The molecule has 1 atom stereocenters. The average Bonchev–Trinajstić information content (AvgIpc) is 2.71. The zero-order chi connectivity index (χ0) is 19.2. The Morgan fingerprint density at radius 1 is 1.00 bits per heavy atom. The molecule has 0 aromatic heterocycles. The summed E-state index contributed by atoms with van der Waals surface area (Å²) in [4.78, 5) is 0. The predicted octanol–water partition coefficient (Wildman–Crippen LogP) is 6.93. The number of alkyl halides is 1. The lowest BCUT2D eigenvalue weighted by Gasteiger charge is -2.35. The molecule has 1 nitrogen and oxygen atoms in total. The van der Waals surface area contributed by atoms with Crippen molar-refractivity contribution in [3.63, 3.8) is 0 Å². The van der Waals surface area contributed by atoms with Crippen molar-refractivity contribution in [1.82, 2.24) is 0 Å². The molecule has 1 aromatic rings. The van der Waals surface area contributed by atoms with Gasteiger partial charge < -0.3 is 4.74 Å². The van der Waals surface area contributed by atoms with E-state index in [1.54, 1.807) is 13.0 Å². The Labute approximate surface area is 161 Å². The molecule has 2 aliphatic carbocycles. The molecule has 0 saturated heterocycles. The molecule has 0 bridgehead atoms. The van der Waals surface area contributed by atoms with E-state index in [4.69, 9.17) is 4.74 Å². The van der Waals surface area contributed by atoms with Gasteiger partial charge in [0.25, 0.3) is 0 Å². The number of benzene rings is 1. The minimum Gasteiger partial charge on any atom is -0.486 e. The molecular formula is C23H31F3O. The van der Waals surface area contributed by atoms with Crippen molar-refractivity contribution < 1.29 is 17.9 Å². The van der Waals surface area contributed by atoms with E-state index in [9.17, 15) is 13.2 Å². The predicted molar refractivity (Wildman–Crippen MR) is 103 cm³/mol. The fourth-order valence-corrected chi connectivity index (χ4v) is 4.69. The summed E-state index contributed by atoms with van der Waals surface area (Å²) in [7, 11) is 0. The van der Waals surface area contributed by atoms with E-state index in [1.165, 1.54) is 37.3 Å². The van der Waals surface area contributed by atoms with Gasteiger partial charge in [0.05, 0.1) is 6.67 Å². The summed E-state index contributed by atoms with van der Waals surface area (Å²) in [5, 5.41) is 0. The molecule has 0 amide bonds. The number of halogens is 3. The van der Waals surface area contributed by atoms with Gasteiger partial charge in [-0.3, -0.25) is 4.39 Å². The van der Waals surface area contributed by atoms with Gasteiger partial charge >= 0.3 is 0 Å². The van der Waals surface area contributed by atoms with Crippen LogP contribution < -0.4 is 4.74 Å². The minimum atomic E-state index is -0.895. The standard InChI is InChI=1S/C23H31F3O/c1-16-4-13-21(23(26)22(16)25)27-15-18-7-11-20(12-8-18)19-9-5-17(6-10-19)3-2-14-24/h4,7,13,17,19-20H,2-3,5-6,8-12,14-15H2,1H3. The number of hydrogen-bond donors (Lipinski definition) is 0. The largest absolute Gasteiger partial charge is 0.486 e. The zero-order valence-corrected chi connectivity index (χ0v) is 16.3. The van der Waals surface area contributed by atoms with Crippen LogP contribution in [0.25, 0.3) is 0 Å². The van der Waals surface area contributed by atoms with Gasteiger partial charge in [0.1, 0.15) is 6.61 Å². The van der Waals surface area contributed by atoms with Crippen LogP contribution in [0, 0.1) is 36.3 Å². The third-order valence-corrected chi connectivity index (χ3v) is 6.50. The molecule has 2 aliphatic rings. The Morgan fingerprint density at radius 2 is 1.78 bits per heavy atom. The summed E-state index contributed by atoms with van der Waals surface area (Å²) in [6.07, 6.45) is 12.2. The Kier molecular flexibility index (Phi) is 7.26. The van der Waals surface area contributed by atoms with Crippen LogP contribution in [0.1, 0.15) is 63.4 Å². The lowest BCUT2D eigenvalue weighted by atomic mass is 9.71. The van der Waals surface area contributed by atoms with Crippen molar-refractivity contribution in [2.75, 3.05) is 13.3 Å². The van der Waals surface area contributed by atoms with Crippen molar-refractivity contribution in [3.05, 3.63) is 41.0 Å². The van der Waals surface area contributed by atoms with E-state index in [-0.39, 0.29) is 12.4 Å². The smallest absolute Gasteiger partial charge is 0.200 e. The summed E-state index contributed by atoms with van der Waals surface area (Å²) in [6, 6.07) is 3.05. The molecule has 150 valence electrons. The van der Waals surface area contributed by atoms with E-state index >= 15 is 0 Å². The lowest BCUT2D eigenvalue weighted by molar-refractivity contribution is 0.182. The number of ether oxygens (including phenoxy) is 1. The van der Waals surface area contributed by atoms with Gasteiger partial charge in [-0.05, 0) is 86.8 Å². The molecule has 3 rings (SSSR count). The molecule has 0 aliphatic heterocycles. The van der Waals surface area contributed by atoms with Crippen LogP contribution in [0.4, 0.5) is 13.2 Å². The van der Waals surface area contributed by atoms with Crippen LogP contribution in [0.5, 0.6) is 5.75 Å². The molecule has 0 spiro atoms. The van der Waals surface area contributed by atoms with Crippen LogP contribution in [0.15, 0.2) is 23.8 Å². The third kappa shape index (κ3) is 5.30. The highest BCUT2D eigenvalue weighted by Gasteiger charge is 2.28. The summed E-state index contributed by atoms with van der Waals surface area (Å²) >= 11 is 0. The second-order valence-corrected chi connectivity index (χ2v) is 8.31. The quantitative estimate of drug-likeness (QED) is 0.466. The Bertz CT molecular complexity index is 647. The maximum absolute atomic E-state index is 13.9. The number of allylic oxidation sites excluding steroid dienone is 1. The van der Waals surface area contributed by atoms with Crippen LogP contribution in [-0.4, -0.2) is 13.3 Å². The first-order valence-electron chi connectivity index (χ1n) is 10.4. The monoisotopic (exact) mass is 380 g/mol. The fraction of sp³-hybridized carbons (Fsp3) is 0.652. The summed E-state index contributed by atoms with van der Waals surface area (Å²) in [5.41, 5.74) is 1.47. The van der Waals surface area contributed by atoms with Gasteiger partial charge in [-0.25, -0.2) is 4.39 Å². The van der Waals surface area contributed by atoms with Crippen molar-refractivity contribution in [2.24, 2.45) is 17.8 Å². The van der Waals surface area contributed by atoms with Gasteiger partial charge in [0.15, 0.2) is 11.6 Å². The minimum absolute atomic E-state index is 0.00674. The Balaban J connectivity index is 1.45. The molecule has 0 N–H and O–H groups in total. The van der Waals surface area contributed by atoms with E-state index in [2.05, 4.69) is 6.08 Å². The first kappa shape index (κ1) is 20.3. The normalized spacial score (nSPS) is 25.9. The summed E-state index contributed by atoms with van der Waals surface area (Å²) < 4.78 is 45.4. The van der Waals surface area contributed by atoms with Gasteiger partial charge in [-0.2, -0.15) is 4.39 Å². The highest BCUT2D eigenvalue weighted by molar-refractivity contribution is 5.30. The van der Waals surface area contributed by atoms with E-state index in [0.29, 0.717) is 12.2 Å². The lowest BCUT2D eigenvalue weighted by Crippen LogP contribution is -2.24. The topological polar surface area (TPSA) is 9.23 Å². The van der Waals surface area contributed by atoms with E-state index in [0.717, 1.165) is 49.9 Å². The number of aryl methyl sites for hydroxylation is 1. The molecule has 1 fully saturated rings. The fourth-order valence-electron chi connectivity index (χ4n) is 4.69. The van der Waals surface area contributed by atoms with Crippen LogP contribution in [0.2, 0.25) is 0 Å². The second kappa shape index (κ2) is 9.66. The van der Waals surface area contributed by atoms with Crippen LogP contribution >= 0.6 is 0 Å². The van der Waals surface area contributed by atoms with E-state index < -0.39 is 11.6 Å². The molecular weight excluding hydrogens is 349 g/mol. The summed E-state index contributed by atoms with van der Waals surface area (Å²) in [5.74, 6) is 0.511. The number of hydrogen-bond acceptors (Lipinski definition) is 1. The van der Waals surface area contributed by atoms with Crippen LogP contribution in [-0.2, 0) is 0 Å². The third-order valence-electron chi connectivity index (χ3n) is 6.50. The molecule has 0 heterocycles. The van der Waals surface area contributed by atoms with Crippen molar-refractivity contribution >= 4 is 0 Å². The van der Waals surface area contributed by atoms with Gasteiger partial charge in [0.2, 0.25) is 5.82 Å². The first-order chi connectivity index (χ1) is 13.1. The van der Waals surface area contributed by atoms with Crippen molar-refractivity contribution in [2.45, 2.75) is 64.7 Å². The van der Waals surface area contributed by atoms with Crippen molar-refractivity contribution in [3.8, 4) is 5.75 Å². The summed E-state index contributed by atoms with van der Waals surface area (Å²) in [6.45, 7) is 1.69. The average molecular weight is 380 g/mol. The molecule has 1 unspecified atom stereocenters. The van der Waals surface area contributed by atoms with Crippen molar-refractivity contribution in [1.29, 1.82) is 0 Å². The zero-order valence-electron chi connectivity index (χ0n) is 16.3. The SMILES string of the molecule is Cc1ccc(OCC2=CCC(C3CCC(CCCF)CC3)CC2)c(F)c1F. The number of rotatable bonds is 7.